The van der Waals surface area contributed by atoms with Crippen molar-refractivity contribution in [3.05, 3.63) is 106 Å². The Labute approximate surface area is 264 Å². The first-order chi connectivity index (χ1) is 21.6. The number of anilines is 2. The van der Waals surface area contributed by atoms with E-state index in [1.165, 1.54) is 25.1 Å². The van der Waals surface area contributed by atoms with Gasteiger partial charge in [-0.3, -0.25) is 14.6 Å². The number of amides is 2. The molecule has 1 fully saturated rings. The number of hydrogen-bond acceptors (Lipinski definition) is 7. The highest BCUT2D eigenvalue weighted by atomic mass is 35.5. The molecule has 0 radical (unpaired) electrons. The van der Waals surface area contributed by atoms with Gasteiger partial charge in [0, 0.05) is 72.3 Å². The second-order valence-corrected chi connectivity index (χ2v) is 11.1. The highest BCUT2D eigenvalue weighted by molar-refractivity contribution is 6.31. The minimum absolute atomic E-state index is 0.00463. The average molecular weight is 632 g/mol. The van der Waals surface area contributed by atoms with Crippen LogP contribution in [-0.2, 0) is 11.3 Å². The zero-order chi connectivity index (χ0) is 32.1. The lowest BCUT2D eigenvalue weighted by Crippen LogP contribution is -2.42. The molecule has 0 bridgehead atoms. The maximum absolute atomic E-state index is 14.8. The molecule has 9 nitrogen and oxygen atoms in total. The number of carbonyl (C=O) groups is 2. The second kappa shape index (κ2) is 13.9. The number of halogens is 3. The number of likely N-dealkylation sites (tertiary alicyclic amines) is 1. The summed E-state index contributed by atoms with van der Waals surface area (Å²) < 4.78 is 29.6. The van der Waals surface area contributed by atoms with E-state index in [9.17, 15) is 18.4 Å². The summed E-state index contributed by atoms with van der Waals surface area (Å²) in [5.74, 6) is -1.11. The second-order valence-electron chi connectivity index (χ2n) is 10.7. The van der Waals surface area contributed by atoms with Gasteiger partial charge in [-0.15, -0.1) is 0 Å². The Hall–Kier alpha value is -4.74. The highest BCUT2D eigenvalue weighted by Gasteiger charge is 2.25. The number of hydrogen-bond donors (Lipinski definition) is 3. The van der Waals surface area contributed by atoms with Crippen LogP contribution < -0.4 is 16.4 Å². The monoisotopic (exact) mass is 631 g/mol. The maximum Gasteiger partial charge on any atom is 0.253 e. The van der Waals surface area contributed by atoms with Gasteiger partial charge in [0.1, 0.15) is 11.6 Å². The third kappa shape index (κ3) is 7.33. The van der Waals surface area contributed by atoms with E-state index in [4.69, 9.17) is 22.3 Å². The minimum atomic E-state index is -0.713. The van der Waals surface area contributed by atoms with Crippen molar-refractivity contribution in [1.29, 1.82) is 0 Å². The molecule has 45 heavy (non-hydrogen) atoms. The predicted molar refractivity (Wildman–Crippen MR) is 171 cm³/mol. The largest absolute Gasteiger partial charge is 0.359 e. The standard InChI is InChI=1S/C30H25ClF2N6O.C3H7NO/c31-19-6-9-22-23(14-19)28(26-24(32)2-1-3-25(26)33)35-15-18-16-36-30(38-27(18)22)37-21-7-4-17(5-8-21)29(40)39-12-10-20(34)11-13-39;1-3(5)4-2/h1-9,14,16,20H,10-13,15,34H2,(H,36,37,38);1-2H3,(H,4,5). The molecule has 2 aliphatic heterocycles. The minimum Gasteiger partial charge on any atom is -0.359 e. The molecule has 1 saturated heterocycles. The number of rotatable bonds is 4. The molecule has 0 saturated carbocycles. The van der Waals surface area contributed by atoms with Gasteiger partial charge >= 0.3 is 0 Å². The van der Waals surface area contributed by atoms with Gasteiger partial charge in [0.2, 0.25) is 11.9 Å². The number of aliphatic imine (C=N–C) groups is 1. The Kier molecular flexibility index (Phi) is 9.80. The van der Waals surface area contributed by atoms with E-state index in [2.05, 4.69) is 20.6 Å². The molecule has 4 N–H and O–H groups in total. The summed E-state index contributed by atoms with van der Waals surface area (Å²) in [7, 11) is 1.60. The molecule has 2 aliphatic rings. The van der Waals surface area contributed by atoms with E-state index >= 15 is 0 Å². The van der Waals surface area contributed by atoms with Gasteiger partial charge in [0.25, 0.3) is 5.91 Å². The number of fused-ring (bicyclic) bond motifs is 3. The van der Waals surface area contributed by atoms with Crippen LogP contribution >= 0.6 is 11.6 Å². The third-order valence-corrected chi connectivity index (χ3v) is 7.77. The molecule has 2 amide bonds. The molecule has 0 spiro atoms. The Morgan fingerprint density at radius 1 is 1.00 bits per heavy atom. The van der Waals surface area contributed by atoms with Crippen LogP contribution in [-0.4, -0.2) is 58.6 Å². The van der Waals surface area contributed by atoms with Crippen molar-refractivity contribution in [2.75, 3.05) is 25.5 Å². The van der Waals surface area contributed by atoms with Crippen LogP contribution in [0.25, 0.3) is 11.3 Å². The lowest BCUT2D eigenvalue weighted by molar-refractivity contribution is -0.118. The van der Waals surface area contributed by atoms with Crippen LogP contribution in [0.5, 0.6) is 0 Å². The average Bonchev–Trinajstić information content (AvgIpc) is 3.18. The number of aromatic nitrogens is 2. The summed E-state index contributed by atoms with van der Waals surface area (Å²) >= 11 is 6.30. The molecule has 3 heterocycles. The van der Waals surface area contributed by atoms with Crippen molar-refractivity contribution in [2.45, 2.75) is 32.4 Å². The van der Waals surface area contributed by atoms with Crippen LogP contribution in [0.1, 0.15) is 46.8 Å². The Morgan fingerprint density at radius 2 is 1.67 bits per heavy atom. The molecule has 0 atom stereocenters. The molecule has 3 aromatic carbocycles. The van der Waals surface area contributed by atoms with Crippen LogP contribution in [0.4, 0.5) is 20.4 Å². The molecule has 0 unspecified atom stereocenters. The lowest BCUT2D eigenvalue weighted by atomic mass is 9.95. The molecular weight excluding hydrogens is 600 g/mol. The molecule has 0 aliphatic carbocycles. The van der Waals surface area contributed by atoms with Crippen LogP contribution in [0.3, 0.4) is 0 Å². The van der Waals surface area contributed by atoms with E-state index in [1.807, 2.05) is 4.90 Å². The summed E-state index contributed by atoms with van der Waals surface area (Å²) in [6.07, 6.45) is 3.25. The number of nitrogens with zero attached hydrogens (tertiary/aromatic N) is 4. The Bertz CT molecular complexity index is 1740. The van der Waals surface area contributed by atoms with E-state index in [-0.39, 0.29) is 35.7 Å². The fourth-order valence-corrected chi connectivity index (χ4v) is 5.20. The van der Waals surface area contributed by atoms with Crippen molar-refractivity contribution in [1.82, 2.24) is 20.2 Å². The Morgan fingerprint density at radius 3 is 2.31 bits per heavy atom. The van der Waals surface area contributed by atoms with E-state index in [1.54, 1.807) is 55.7 Å². The van der Waals surface area contributed by atoms with E-state index < -0.39 is 11.6 Å². The fraction of sp³-hybridized carbons (Fsp3) is 0.242. The number of benzene rings is 3. The molecular formula is C33H32ClF2N7O2. The van der Waals surface area contributed by atoms with E-state index in [0.717, 1.165) is 12.8 Å². The summed E-state index contributed by atoms with van der Waals surface area (Å²) in [5, 5.41) is 5.97. The SMILES string of the molecule is CNC(C)=O.NC1CCN(C(=O)c2ccc(Nc3ncc4c(n3)-c3ccc(Cl)cc3C(c3c(F)cccc3F)=NC4)cc2)CC1. The van der Waals surface area contributed by atoms with Gasteiger partial charge in [-0.1, -0.05) is 23.7 Å². The number of nitrogens with two attached hydrogens (primary N) is 1. The fourth-order valence-electron chi connectivity index (χ4n) is 5.03. The van der Waals surface area contributed by atoms with Gasteiger partial charge in [-0.2, -0.15) is 0 Å². The van der Waals surface area contributed by atoms with Crippen molar-refractivity contribution in [2.24, 2.45) is 10.7 Å². The van der Waals surface area contributed by atoms with Gasteiger partial charge in [-0.25, -0.2) is 18.7 Å². The molecule has 6 rings (SSSR count). The summed E-state index contributed by atoms with van der Waals surface area (Å²) in [4.78, 5) is 38.1. The number of nitrogens with one attached hydrogen (secondary N) is 2. The van der Waals surface area contributed by atoms with Crippen molar-refractivity contribution >= 4 is 40.8 Å². The first-order valence-electron chi connectivity index (χ1n) is 14.4. The summed E-state index contributed by atoms with van der Waals surface area (Å²) in [6.45, 7) is 2.92. The zero-order valence-corrected chi connectivity index (χ0v) is 25.5. The third-order valence-electron chi connectivity index (χ3n) is 7.53. The maximum atomic E-state index is 14.8. The van der Waals surface area contributed by atoms with Crippen molar-refractivity contribution < 1.29 is 18.4 Å². The van der Waals surface area contributed by atoms with Gasteiger partial charge < -0.3 is 21.3 Å². The number of carbonyl (C=O) groups excluding carboxylic acids is 2. The normalized spacial score (nSPS) is 14.2. The summed E-state index contributed by atoms with van der Waals surface area (Å²) in [5.41, 5.74) is 9.58. The molecule has 1 aromatic heterocycles. The van der Waals surface area contributed by atoms with Gasteiger partial charge in [-0.05, 0) is 61.4 Å². The summed E-state index contributed by atoms with van der Waals surface area (Å²) in [6, 6.07) is 16.1. The van der Waals surface area contributed by atoms with Crippen LogP contribution in [0.2, 0.25) is 5.02 Å². The van der Waals surface area contributed by atoms with E-state index in [0.29, 0.717) is 57.7 Å². The Balaban J connectivity index is 0.000000743. The van der Waals surface area contributed by atoms with Gasteiger partial charge in [0.15, 0.2) is 0 Å². The number of piperidine rings is 1. The predicted octanol–water partition coefficient (Wildman–Crippen LogP) is 5.49. The smallest absolute Gasteiger partial charge is 0.253 e. The first-order valence-corrected chi connectivity index (χ1v) is 14.8. The molecule has 12 heteroatoms. The van der Waals surface area contributed by atoms with Crippen LogP contribution in [0, 0.1) is 11.6 Å². The zero-order valence-electron chi connectivity index (χ0n) is 24.8. The molecule has 4 aromatic rings. The van der Waals surface area contributed by atoms with Crippen LogP contribution in [0.15, 0.2) is 71.9 Å². The highest BCUT2D eigenvalue weighted by Crippen LogP contribution is 2.34. The lowest BCUT2D eigenvalue weighted by Gasteiger charge is -2.30. The van der Waals surface area contributed by atoms with Crippen molar-refractivity contribution in [3.63, 3.8) is 0 Å². The quantitative estimate of drug-likeness (QED) is 0.274. The first kappa shape index (κ1) is 31.7. The van der Waals surface area contributed by atoms with Gasteiger partial charge in [0.05, 0.1) is 23.5 Å². The van der Waals surface area contributed by atoms with Crippen molar-refractivity contribution in [3.8, 4) is 11.3 Å². The topological polar surface area (TPSA) is 126 Å². The molecule has 232 valence electrons.